The first-order valence-corrected chi connectivity index (χ1v) is 10.3. The molecule has 7 nitrogen and oxygen atoms in total. The quantitative estimate of drug-likeness (QED) is 0.531. The summed E-state index contributed by atoms with van der Waals surface area (Å²) in [6.45, 7) is 0.310. The fraction of sp³-hybridized carbons (Fsp3) is 0.208. The van der Waals surface area contributed by atoms with Gasteiger partial charge in [-0.2, -0.15) is 0 Å². The summed E-state index contributed by atoms with van der Waals surface area (Å²) in [5.74, 6) is -1.01. The molecule has 1 aliphatic rings. The zero-order valence-corrected chi connectivity index (χ0v) is 17.1. The van der Waals surface area contributed by atoms with E-state index in [0.717, 1.165) is 5.56 Å². The number of hydrogen-bond donors (Lipinski definition) is 3. The van der Waals surface area contributed by atoms with Gasteiger partial charge in [-0.3, -0.25) is 14.4 Å². The highest BCUT2D eigenvalue weighted by Gasteiger charge is 2.29. The van der Waals surface area contributed by atoms with Gasteiger partial charge >= 0.3 is 0 Å². The Hall–Kier alpha value is -3.94. The van der Waals surface area contributed by atoms with Crippen LogP contribution in [0.25, 0.3) is 0 Å². The van der Waals surface area contributed by atoms with Crippen molar-refractivity contribution in [3.8, 4) is 0 Å². The van der Waals surface area contributed by atoms with Crippen molar-refractivity contribution in [2.24, 2.45) is 0 Å². The molecule has 0 aliphatic carbocycles. The van der Waals surface area contributed by atoms with Gasteiger partial charge in [0.1, 0.15) is 17.6 Å². The van der Waals surface area contributed by atoms with E-state index in [0.29, 0.717) is 30.0 Å². The highest BCUT2D eigenvalue weighted by atomic mass is 19.1. The fourth-order valence-corrected chi connectivity index (χ4v) is 3.73. The predicted molar refractivity (Wildman–Crippen MR) is 116 cm³/mol. The second kappa shape index (κ2) is 9.47. The third-order valence-corrected chi connectivity index (χ3v) is 5.36. The normalized spacial score (nSPS) is 16.3. The molecule has 1 aliphatic heterocycles. The van der Waals surface area contributed by atoms with Crippen LogP contribution in [0, 0.1) is 5.82 Å². The lowest BCUT2D eigenvalue weighted by molar-refractivity contribution is -0.125. The summed E-state index contributed by atoms with van der Waals surface area (Å²) in [6, 6.07) is 15.4. The summed E-state index contributed by atoms with van der Waals surface area (Å²) in [6.07, 6.45) is 1.89. The zero-order valence-electron chi connectivity index (χ0n) is 17.1. The van der Waals surface area contributed by atoms with Gasteiger partial charge in [0.05, 0.1) is 23.9 Å². The van der Waals surface area contributed by atoms with Gasteiger partial charge in [0, 0.05) is 12.5 Å². The van der Waals surface area contributed by atoms with Crippen molar-refractivity contribution in [2.45, 2.75) is 24.8 Å². The molecule has 2 heterocycles. The second-order valence-electron chi connectivity index (χ2n) is 7.52. The molecule has 0 spiro atoms. The first-order valence-electron chi connectivity index (χ1n) is 10.3. The molecule has 4 rings (SSSR count). The number of halogens is 1. The molecule has 0 bridgehead atoms. The summed E-state index contributed by atoms with van der Waals surface area (Å²) < 4.78 is 18.8. The van der Waals surface area contributed by atoms with Gasteiger partial charge in [0.25, 0.3) is 5.91 Å². The second-order valence-corrected chi connectivity index (χ2v) is 7.52. The number of carbonyl (C=O) groups excluding carboxylic acids is 3. The summed E-state index contributed by atoms with van der Waals surface area (Å²) >= 11 is 0. The minimum Gasteiger partial charge on any atom is -0.469 e. The fourth-order valence-electron chi connectivity index (χ4n) is 3.73. The maximum atomic E-state index is 13.3. The number of fused-ring (bicyclic) bond motifs is 1. The average Bonchev–Trinajstić information content (AvgIpc) is 3.28. The molecule has 0 saturated carbocycles. The number of rotatable bonds is 7. The van der Waals surface area contributed by atoms with E-state index in [1.54, 1.807) is 48.7 Å². The van der Waals surface area contributed by atoms with E-state index in [1.165, 1.54) is 12.1 Å². The molecule has 0 unspecified atom stereocenters. The summed E-state index contributed by atoms with van der Waals surface area (Å²) in [7, 11) is 0. The Morgan fingerprint density at radius 3 is 2.59 bits per heavy atom. The largest absolute Gasteiger partial charge is 0.469 e. The Labute approximate surface area is 184 Å². The number of amides is 3. The Balaban J connectivity index is 1.35. The molecule has 0 saturated heterocycles. The highest BCUT2D eigenvalue weighted by molar-refractivity contribution is 6.10. The van der Waals surface area contributed by atoms with E-state index in [1.807, 2.05) is 6.07 Å². The van der Waals surface area contributed by atoms with Crippen LogP contribution in [0.3, 0.4) is 0 Å². The van der Waals surface area contributed by atoms with E-state index in [4.69, 9.17) is 4.42 Å². The van der Waals surface area contributed by atoms with Crippen LogP contribution >= 0.6 is 0 Å². The van der Waals surface area contributed by atoms with E-state index in [2.05, 4.69) is 16.0 Å². The van der Waals surface area contributed by atoms with Gasteiger partial charge in [0.2, 0.25) is 11.8 Å². The Kier molecular flexibility index (Phi) is 6.30. The van der Waals surface area contributed by atoms with Gasteiger partial charge in [-0.15, -0.1) is 0 Å². The summed E-state index contributed by atoms with van der Waals surface area (Å²) in [5.41, 5.74) is 1.63. The monoisotopic (exact) mass is 435 g/mol. The molecule has 8 heteroatoms. The molecule has 164 valence electrons. The van der Waals surface area contributed by atoms with Gasteiger partial charge in [-0.25, -0.2) is 4.39 Å². The SMILES string of the molecule is O=C(C[C@@H]1NC(=O)c2ccccc2NC1=O)NCC[C@H](c1ccc(F)cc1)c1ccco1. The van der Waals surface area contributed by atoms with Crippen molar-refractivity contribution < 1.29 is 23.2 Å². The molecule has 0 fully saturated rings. The third-order valence-electron chi connectivity index (χ3n) is 5.36. The van der Waals surface area contributed by atoms with E-state index in [9.17, 15) is 18.8 Å². The lowest BCUT2D eigenvalue weighted by Crippen LogP contribution is -2.44. The standard InChI is InChI=1S/C24H22FN3O4/c25-16-9-7-15(8-10-16)17(21-6-3-13-32-21)11-12-26-22(29)14-20-24(31)27-19-5-2-1-4-18(19)23(30)28-20/h1-10,13,17,20H,11-12,14H2,(H,26,29)(H,27,31)(H,28,30)/t17-,20+/m1/s1. The summed E-state index contributed by atoms with van der Waals surface area (Å²) in [5, 5.41) is 8.08. The molecule has 2 atom stereocenters. The lowest BCUT2D eigenvalue weighted by Gasteiger charge is -2.17. The lowest BCUT2D eigenvalue weighted by atomic mass is 9.93. The van der Waals surface area contributed by atoms with E-state index >= 15 is 0 Å². The summed E-state index contributed by atoms with van der Waals surface area (Å²) in [4.78, 5) is 37.3. The molecule has 2 aromatic carbocycles. The number of nitrogens with one attached hydrogen (secondary N) is 3. The molecule has 1 aromatic heterocycles. The Bertz CT molecular complexity index is 1110. The van der Waals surface area contributed by atoms with E-state index in [-0.39, 0.29) is 24.1 Å². The van der Waals surface area contributed by atoms with Gasteiger partial charge in [-0.05, 0) is 48.4 Å². The molecule has 3 amide bonds. The van der Waals surface area contributed by atoms with Crippen molar-refractivity contribution in [2.75, 3.05) is 11.9 Å². The molecular weight excluding hydrogens is 413 g/mol. The number of hydrogen-bond acceptors (Lipinski definition) is 4. The number of furan rings is 1. The van der Waals surface area contributed by atoms with Crippen LogP contribution in [-0.4, -0.2) is 30.3 Å². The molecular formula is C24H22FN3O4. The number of benzene rings is 2. The van der Waals surface area contributed by atoms with E-state index < -0.39 is 17.9 Å². The minimum atomic E-state index is -0.979. The van der Waals surface area contributed by atoms with Crippen LogP contribution in [0.1, 0.15) is 40.4 Å². The number of carbonyl (C=O) groups is 3. The smallest absolute Gasteiger partial charge is 0.254 e. The zero-order chi connectivity index (χ0) is 22.5. The first-order chi connectivity index (χ1) is 15.5. The molecule has 0 radical (unpaired) electrons. The van der Waals surface area contributed by atoms with Crippen LogP contribution in [0.5, 0.6) is 0 Å². The maximum absolute atomic E-state index is 13.3. The minimum absolute atomic E-state index is 0.165. The number of para-hydroxylation sites is 1. The van der Waals surface area contributed by atoms with Crippen LogP contribution in [-0.2, 0) is 9.59 Å². The number of anilines is 1. The first kappa shape index (κ1) is 21.3. The maximum Gasteiger partial charge on any atom is 0.254 e. The third kappa shape index (κ3) is 4.85. The highest BCUT2D eigenvalue weighted by Crippen LogP contribution is 2.28. The Morgan fingerprint density at radius 2 is 1.84 bits per heavy atom. The van der Waals surface area contributed by atoms with Gasteiger partial charge < -0.3 is 20.4 Å². The molecule has 3 aromatic rings. The van der Waals surface area contributed by atoms with Crippen LogP contribution in [0.15, 0.2) is 71.3 Å². The predicted octanol–water partition coefficient (Wildman–Crippen LogP) is 3.20. The average molecular weight is 435 g/mol. The van der Waals surface area contributed by atoms with Crippen LogP contribution in [0.2, 0.25) is 0 Å². The van der Waals surface area contributed by atoms with Crippen LogP contribution < -0.4 is 16.0 Å². The van der Waals surface area contributed by atoms with Crippen molar-refractivity contribution in [3.63, 3.8) is 0 Å². The Morgan fingerprint density at radius 1 is 1.06 bits per heavy atom. The molecule has 3 N–H and O–H groups in total. The van der Waals surface area contributed by atoms with Gasteiger partial charge in [0.15, 0.2) is 0 Å². The van der Waals surface area contributed by atoms with Crippen LogP contribution in [0.4, 0.5) is 10.1 Å². The van der Waals surface area contributed by atoms with Crippen molar-refractivity contribution >= 4 is 23.4 Å². The topological polar surface area (TPSA) is 100 Å². The van der Waals surface area contributed by atoms with Crippen molar-refractivity contribution in [1.82, 2.24) is 10.6 Å². The molecule has 32 heavy (non-hydrogen) atoms. The van der Waals surface area contributed by atoms with Crippen molar-refractivity contribution in [1.29, 1.82) is 0 Å². The van der Waals surface area contributed by atoms with Crippen molar-refractivity contribution in [3.05, 3.63) is 89.6 Å². The van der Waals surface area contributed by atoms with Gasteiger partial charge in [-0.1, -0.05) is 24.3 Å².